The average molecular weight is 481 g/mol. The minimum atomic E-state index is -0.242. The Morgan fingerprint density at radius 1 is 1.16 bits per heavy atom. The smallest absolute Gasteiger partial charge is 0.258 e. The van der Waals surface area contributed by atoms with E-state index in [0.717, 1.165) is 27.5 Å². The van der Waals surface area contributed by atoms with E-state index in [1.807, 2.05) is 47.8 Å². The van der Waals surface area contributed by atoms with E-state index in [9.17, 15) is 0 Å². The molecular formula is C23H20N4O2S3. The molecule has 32 heavy (non-hydrogen) atoms. The Kier molecular flexibility index (Phi) is 5.77. The molecule has 0 bridgehead atoms. The molecule has 0 aliphatic carbocycles. The predicted molar refractivity (Wildman–Crippen MR) is 132 cm³/mol. The third-order valence-electron chi connectivity index (χ3n) is 5.32. The SMILES string of the molecule is COc1cccc(C2NC(=S)N(Cc3cccs3)C(C)=C2c2nc(-c3cccs3)no2)c1. The zero-order chi connectivity index (χ0) is 22.1. The van der Waals surface area contributed by atoms with Crippen molar-refractivity contribution in [1.29, 1.82) is 0 Å². The fourth-order valence-electron chi connectivity index (χ4n) is 3.72. The normalized spacial score (nSPS) is 16.4. The summed E-state index contributed by atoms with van der Waals surface area (Å²) in [7, 11) is 1.66. The van der Waals surface area contributed by atoms with Crippen molar-refractivity contribution in [2.75, 3.05) is 7.11 Å². The van der Waals surface area contributed by atoms with Crippen molar-refractivity contribution in [2.45, 2.75) is 19.5 Å². The molecule has 9 heteroatoms. The van der Waals surface area contributed by atoms with Crippen LogP contribution in [0.15, 0.2) is 69.5 Å². The highest BCUT2D eigenvalue weighted by Crippen LogP contribution is 2.39. The number of rotatable bonds is 6. The summed E-state index contributed by atoms with van der Waals surface area (Å²) in [6.07, 6.45) is 0. The highest BCUT2D eigenvalue weighted by atomic mass is 32.1. The lowest BCUT2D eigenvalue weighted by atomic mass is 9.94. The third-order valence-corrected chi connectivity index (χ3v) is 7.38. The molecule has 1 aliphatic heterocycles. The van der Waals surface area contributed by atoms with Gasteiger partial charge in [0.15, 0.2) is 5.11 Å². The Hall–Kier alpha value is -3.01. The van der Waals surface area contributed by atoms with E-state index < -0.39 is 0 Å². The first-order chi connectivity index (χ1) is 15.6. The van der Waals surface area contributed by atoms with Gasteiger partial charge in [-0.15, -0.1) is 22.7 Å². The fourth-order valence-corrected chi connectivity index (χ4v) is 5.38. The second-order valence-electron chi connectivity index (χ2n) is 7.22. The first-order valence-corrected chi connectivity index (χ1v) is 12.1. The number of ether oxygens (including phenoxy) is 1. The largest absolute Gasteiger partial charge is 0.497 e. The van der Waals surface area contributed by atoms with Crippen LogP contribution in [0.2, 0.25) is 0 Å². The van der Waals surface area contributed by atoms with Gasteiger partial charge in [-0.25, -0.2) is 0 Å². The van der Waals surface area contributed by atoms with Crippen molar-refractivity contribution < 1.29 is 9.26 Å². The lowest BCUT2D eigenvalue weighted by molar-refractivity contribution is 0.395. The lowest BCUT2D eigenvalue weighted by Crippen LogP contribution is -2.45. The number of hydrogen-bond donors (Lipinski definition) is 1. The van der Waals surface area contributed by atoms with Gasteiger partial charge in [-0.3, -0.25) is 0 Å². The number of thiophene rings is 2. The molecule has 3 aromatic heterocycles. The number of allylic oxidation sites excluding steroid dienone is 1. The topological polar surface area (TPSA) is 63.4 Å². The van der Waals surface area contributed by atoms with Crippen molar-refractivity contribution >= 4 is 45.6 Å². The first kappa shape index (κ1) is 20.9. The van der Waals surface area contributed by atoms with Crippen LogP contribution in [0.25, 0.3) is 16.3 Å². The van der Waals surface area contributed by atoms with Crippen molar-refractivity contribution in [1.82, 2.24) is 20.4 Å². The van der Waals surface area contributed by atoms with E-state index >= 15 is 0 Å². The van der Waals surface area contributed by atoms with Crippen molar-refractivity contribution in [3.8, 4) is 16.5 Å². The first-order valence-electron chi connectivity index (χ1n) is 9.97. The molecule has 0 amide bonds. The highest BCUT2D eigenvalue weighted by molar-refractivity contribution is 7.80. The van der Waals surface area contributed by atoms with Crippen LogP contribution < -0.4 is 10.1 Å². The molecule has 0 saturated heterocycles. The van der Waals surface area contributed by atoms with E-state index in [2.05, 4.69) is 33.7 Å². The summed E-state index contributed by atoms with van der Waals surface area (Å²) in [6, 6.07) is 15.8. The summed E-state index contributed by atoms with van der Waals surface area (Å²) in [4.78, 5) is 9.01. The molecule has 0 fully saturated rings. The fraction of sp³-hybridized carbons (Fsp3) is 0.174. The summed E-state index contributed by atoms with van der Waals surface area (Å²) in [5.74, 6) is 1.83. The molecule has 1 aromatic carbocycles. The molecule has 0 saturated carbocycles. The van der Waals surface area contributed by atoms with Gasteiger partial charge in [0.05, 0.1) is 30.1 Å². The van der Waals surface area contributed by atoms with Crippen LogP contribution in [0.4, 0.5) is 0 Å². The molecule has 1 N–H and O–H groups in total. The lowest BCUT2D eigenvalue weighted by Gasteiger charge is -2.37. The summed E-state index contributed by atoms with van der Waals surface area (Å²) in [5.41, 5.74) is 2.89. The van der Waals surface area contributed by atoms with E-state index in [4.69, 9.17) is 26.5 Å². The molecule has 6 nitrogen and oxygen atoms in total. The summed E-state index contributed by atoms with van der Waals surface area (Å²) in [5, 5.41) is 12.5. The molecule has 4 aromatic rings. The van der Waals surface area contributed by atoms with E-state index in [1.165, 1.54) is 4.88 Å². The minimum Gasteiger partial charge on any atom is -0.497 e. The van der Waals surface area contributed by atoms with Crippen molar-refractivity contribution in [3.63, 3.8) is 0 Å². The molecule has 0 spiro atoms. The van der Waals surface area contributed by atoms with Gasteiger partial charge in [0, 0.05) is 10.6 Å². The molecule has 5 rings (SSSR count). The molecule has 1 unspecified atom stereocenters. The Morgan fingerprint density at radius 3 is 2.75 bits per heavy atom. The maximum absolute atomic E-state index is 5.78. The molecular weight excluding hydrogens is 460 g/mol. The molecule has 1 aliphatic rings. The maximum Gasteiger partial charge on any atom is 0.258 e. The third kappa shape index (κ3) is 3.94. The van der Waals surface area contributed by atoms with Gasteiger partial charge in [0.1, 0.15) is 5.75 Å². The zero-order valence-corrected chi connectivity index (χ0v) is 19.9. The minimum absolute atomic E-state index is 0.242. The second-order valence-corrected chi connectivity index (χ2v) is 9.59. The number of thiocarbonyl (C=S) groups is 1. The van der Waals surface area contributed by atoms with Gasteiger partial charge in [0.2, 0.25) is 5.82 Å². The number of methoxy groups -OCH3 is 1. The van der Waals surface area contributed by atoms with Crippen LogP contribution in [0.3, 0.4) is 0 Å². The summed E-state index contributed by atoms with van der Waals surface area (Å²) < 4.78 is 11.2. The standard InChI is InChI=1S/C23H20N4O2S3/c1-14-19(22-25-21(26-29-22)18-9-5-11-32-18)20(15-6-3-7-16(12-15)28-2)24-23(30)27(14)13-17-8-4-10-31-17/h3-12,20H,13H2,1-2H3,(H,24,30). The predicted octanol–water partition coefficient (Wildman–Crippen LogP) is 5.73. The van der Waals surface area contributed by atoms with Crippen LogP contribution >= 0.6 is 34.9 Å². The van der Waals surface area contributed by atoms with Gasteiger partial charge in [-0.1, -0.05) is 29.4 Å². The van der Waals surface area contributed by atoms with Crippen LogP contribution in [0.1, 0.15) is 29.3 Å². The summed E-state index contributed by atoms with van der Waals surface area (Å²) in [6.45, 7) is 2.73. The van der Waals surface area contributed by atoms with Gasteiger partial charge >= 0.3 is 0 Å². The quantitative estimate of drug-likeness (QED) is 0.354. The number of nitrogens with zero attached hydrogens (tertiary/aromatic N) is 3. The maximum atomic E-state index is 5.78. The Morgan fingerprint density at radius 2 is 2.00 bits per heavy atom. The van der Waals surface area contributed by atoms with Crippen LogP contribution in [-0.2, 0) is 6.54 Å². The van der Waals surface area contributed by atoms with Gasteiger partial charge in [-0.2, -0.15) is 4.98 Å². The molecule has 0 radical (unpaired) electrons. The van der Waals surface area contributed by atoms with Crippen LogP contribution in [-0.4, -0.2) is 27.3 Å². The number of nitrogens with one attached hydrogen (secondary N) is 1. The summed E-state index contributed by atoms with van der Waals surface area (Å²) >= 11 is 9.06. The van der Waals surface area contributed by atoms with E-state index in [1.54, 1.807) is 29.8 Å². The van der Waals surface area contributed by atoms with Crippen molar-refractivity contribution in [2.24, 2.45) is 0 Å². The Labute approximate surface area is 199 Å². The average Bonchev–Trinajstić information content (AvgIpc) is 3.58. The Bertz CT molecular complexity index is 1260. The van der Waals surface area contributed by atoms with Crippen molar-refractivity contribution in [3.05, 3.63) is 81.3 Å². The zero-order valence-electron chi connectivity index (χ0n) is 17.4. The molecule has 4 heterocycles. The number of hydrogen-bond acceptors (Lipinski definition) is 7. The monoisotopic (exact) mass is 480 g/mol. The van der Waals surface area contributed by atoms with Crippen LogP contribution in [0, 0.1) is 0 Å². The number of aromatic nitrogens is 2. The van der Waals surface area contributed by atoms with Crippen LogP contribution in [0.5, 0.6) is 5.75 Å². The van der Waals surface area contributed by atoms with E-state index in [0.29, 0.717) is 23.4 Å². The molecule has 162 valence electrons. The van der Waals surface area contributed by atoms with Gasteiger partial charge in [0.25, 0.3) is 5.89 Å². The highest BCUT2D eigenvalue weighted by Gasteiger charge is 2.34. The molecule has 1 atom stereocenters. The van der Waals surface area contributed by atoms with Gasteiger partial charge in [-0.05, 0) is 59.7 Å². The van der Waals surface area contributed by atoms with E-state index in [-0.39, 0.29) is 6.04 Å². The second kappa shape index (κ2) is 8.85. The van der Waals surface area contributed by atoms with Gasteiger partial charge < -0.3 is 19.5 Å². The number of benzene rings is 1. The Balaban J connectivity index is 1.61.